The number of Topliss-reactive ketones (excluding diaryl/α,β-unsaturated/α-hetero) is 1. The summed E-state index contributed by atoms with van der Waals surface area (Å²) in [4.78, 5) is 26.3. The predicted molar refractivity (Wildman–Crippen MR) is 98.5 cm³/mol. The van der Waals surface area contributed by atoms with Crippen molar-refractivity contribution in [1.29, 1.82) is 0 Å². The van der Waals surface area contributed by atoms with Crippen LogP contribution in [-0.2, 0) is 12.7 Å². The maximum atomic E-state index is 15.2. The first-order valence-corrected chi connectivity index (χ1v) is 9.46. The highest BCUT2D eigenvalue weighted by molar-refractivity contribution is 6.04. The van der Waals surface area contributed by atoms with Crippen molar-refractivity contribution in [3.63, 3.8) is 0 Å². The molecule has 3 heterocycles. The van der Waals surface area contributed by atoms with E-state index in [0.717, 1.165) is 12.3 Å². The van der Waals surface area contributed by atoms with Crippen LogP contribution in [0, 0.1) is 0 Å². The first-order valence-electron chi connectivity index (χ1n) is 9.46. The molecule has 2 aromatic rings. The molecular formula is C20H19F4N3O3. The number of ketones is 1. The van der Waals surface area contributed by atoms with Gasteiger partial charge >= 0.3 is 12.2 Å². The number of amides is 2. The predicted octanol–water partition coefficient (Wildman–Crippen LogP) is 4.32. The Labute approximate surface area is 169 Å². The first-order chi connectivity index (χ1) is 14.2. The van der Waals surface area contributed by atoms with E-state index in [1.165, 1.54) is 4.90 Å². The molecule has 0 radical (unpaired) electrons. The number of fused-ring (bicyclic) bond motifs is 1. The molecule has 30 heavy (non-hydrogen) atoms. The van der Waals surface area contributed by atoms with Crippen LogP contribution in [-0.4, -0.2) is 35.3 Å². The summed E-state index contributed by atoms with van der Waals surface area (Å²) in [6.45, 7) is 0.0192. The van der Waals surface area contributed by atoms with Crippen molar-refractivity contribution >= 4 is 17.5 Å². The molecule has 1 spiro atoms. The van der Waals surface area contributed by atoms with Crippen LogP contribution < -0.4 is 10.4 Å². The van der Waals surface area contributed by atoms with Crippen LogP contribution in [0.15, 0.2) is 41.0 Å². The third-order valence-electron chi connectivity index (χ3n) is 5.74. The molecule has 1 saturated heterocycles. The molecule has 2 aliphatic rings. The number of carbonyl (C=O) groups excluding carboxylic acids is 2. The lowest BCUT2D eigenvalue weighted by Gasteiger charge is -2.47. The number of halogens is 4. The Bertz CT molecular complexity index is 964. The van der Waals surface area contributed by atoms with Crippen molar-refractivity contribution in [2.45, 2.75) is 37.5 Å². The molecule has 1 fully saturated rings. The lowest BCUT2D eigenvalue weighted by molar-refractivity contribution is -0.153. The molecule has 6 nitrogen and oxygen atoms in total. The summed E-state index contributed by atoms with van der Waals surface area (Å²) in [7, 11) is 0. The highest BCUT2D eigenvalue weighted by atomic mass is 19.4. The minimum absolute atomic E-state index is 0.0138. The number of furan rings is 1. The van der Waals surface area contributed by atoms with Gasteiger partial charge in [0.15, 0.2) is 5.78 Å². The second-order valence-electron chi connectivity index (χ2n) is 7.54. The molecule has 4 rings (SSSR count). The van der Waals surface area contributed by atoms with E-state index in [2.05, 4.69) is 9.73 Å². The number of benzene rings is 1. The molecule has 0 saturated carbocycles. The summed E-state index contributed by atoms with van der Waals surface area (Å²) in [6, 6.07) is 7.08. The van der Waals surface area contributed by atoms with Crippen molar-refractivity contribution in [2.75, 3.05) is 18.2 Å². The van der Waals surface area contributed by atoms with Gasteiger partial charge in [0.1, 0.15) is 0 Å². The number of piperidine rings is 1. The fourth-order valence-electron chi connectivity index (χ4n) is 4.11. The van der Waals surface area contributed by atoms with E-state index in [1.54, 1.807) is 24.3 Å². The SMILES string of the molecule is O=C1CC2(CCN(C(=O)NCc3ccoc3C(F)(F)F)CC2)N(F)c2ccccc21. The number of para-hydroxylation sites is 1. The molecule has 160 valence electrons. The smallest absolute Gasteiger partial charge is 0.449 e. The van der Waals surface area contributed by atoms with Crippen LogP contribution in [0.25, 0.3) is 0 Å². The van der Waals surface area contributed by atoms with E-state index < -0.39 is 23.5 Å². The van der Waals surface area contributed by atoms with Crippen molar-refractivity contribution in [3.8, 4) is 0 Å². The second-order valence-corrected chi connectivity index (χ2v) is 7.54. The zero-order valence-corrected chi connectivity index (χ0v) is 15.8. The van der Waals surface area contributed by atoms with Crippen molar-refractivity contribution in [1.82, 2.24) is 10.2 Å². The van der Waals surface area contributed by atoms with Crippen LogP contribution in [0.3, 0.4) is 0 Å². The molecule has 0 aliphatic carbocycles. The summed E-state index contributed by atoms with van der Waals surface area (Å²) >= 11 is 0. The monoisotopic (exact) mass is 425 g/mol. The summed E-state index contributed by atoms with van der Waals surface area (Å²) in [5.41, 5.74) is -0.623. The number of nitrogens with zero attached hydrogens (tertiary/aromatic N) is 2. The summed E-state index contributed by atoms with van der Waals surface area (Å²) in [6.07, 6.45) is -3.24. The standard InChI is InChI=1S/C20H19F4N3O3/c21-20(22,23)17-13(5-10-30-17)12-25-18(29)26-8-6-19(7-9-26)11-16(28)14-3-1-2-4-15(14)27(19)24/h1-5,10H,6-9,11-12H2,(H,25,29). The fraction of sp³-hybridized carbons (Fsp3) is 0.400. The number of nitrogens with one attached hydrogen (secondary N) is 1. The Morgan fingerprint density at radius 3 is 2.57 bits per heavy atom. The van der Waals surface area contributed by atoms with Gasteiger partial charge in [0.25, 0.3) is 0 Å². The number of hydrogen-bond acceptors (Lipinski definition) is 4. The number of rotatable bonds is 2. The number of urea groups is 1. The molecule has 0 unspecified atom stereocenters. The maximum absolute atomic E-state index is 15.2. The minimum atomic E-state index is -4.64. The van der Waals surface area contributed by atoms with E-state index in [-0.39, 0.29) is 55.9 Å². The lowest BCUT2D eigenvalue weighted by atomic mass is 9.78. The van der Waals surface area contributed by atoms with Gasteiger partial charge in [0.05, 0.1) is 17.5 Å². The van der Waals surface area contributed by atoms with Crippen molar-refractivity contribution < 1.29 is 31.7 Å². The lowest BCUT2D eigenvalue weighted by Crippen LogP contribution is -2.57. The molecule has 0 atom stereocenters. The average Bonchev–Trinajstić information content (AvgIpc) is 3.20. The summed E-state index contributed by atoms with van der Waals surface area (Å²) in [5.74, 6) is -1.29. The topological polar surface area (TPSA) is 65.8 Å². The number of carbonyl (C=O) groups is 2. The van der Waals surface area contributed by atoms with E-state index in [1.807, 2.05) is 0 Å². The molecule has 10 heteroatoms. The molecule has 2 amide bonds. The van der Waals surface area contributed by atoms with Crippen LogP contribution in [0.4, 0.5) is 28.1 Å². The van der Waals surface area contributed by atoms with E-state index >= 15 is 4.48 Å². The van der Waals surface area contributed by atoms with E-state index in [9.17, 15) is 22.8 Å². The van der Waals surface area contributed by atoms with Crippen LogP contribution >= 0.6 is 0 Å². The molecule has 0 bridgehead atoms. The zero-order valence-electron chi connectivity index (χ0n) is 15.8. The number of likely N-dealkylation sites (tertiary alicyclic amines) is 1. The van der Waals surface area contributed by atoms with Crippen molar-refractivity contribution in [3.05, 3.63) is 53.5 Å². The van der Waals surface area contributed by atoms with Gasteiger partial charge in [-0.3, -0.25) is 4.79 Å². The largest absolute Gasteiger partial charge is 0.459 e. The fourth-order valence-corrected chi connectivity index (χ4v) is 4.11. The van der Waals surface area contributed by atoms with Crippen LogP contribution in [0.1, 0.15) is 40.9 Å². The third kappa shape index (κ3) is 3.50. The Balaban J connectivity index is 1.39. The highest BCUT2D eigenvalue weighted by Gasteiger charge is 2.47. The van der Waals surface area contributed by atoms with Gasteiger partial charge in [-0.15, -0.1) is 0 Å². The first kappa shape index (κ1) is 20.2. The molecule has 2 aliphatic heterocycles. The third-order valence-corrected chi connectivity index (χ3v) is 5.74. The van der Waals surface area contributed by atoms with Gasteiger partial charge in [0.2, 0.25) is 5.76 Å². The molecule has 1 aromatic carbocycles. The van der Waals surface area contributed by atoms with Gasteiger partial charge < -0.3 is 14.6 Å². The molecule has 1 N–H and O–H groups in total. The average molecular weight is 425 g/mol. The van der Waals surface area contributed by atoms with Crippen LogP contribution in [0.2, 0.25) is 0 Å². The Morgan fingerprint density at radius 2 is 1.87 bits per heavy atom. The van der Waals surface area contributed by atoms with Crippen LogP contribution in [0.5, 0.6) is 0 Å². The van der Waals surface area contributed by atoms with E-state index in [0.29, 0.717) is 10.7 Å². The molecule has 1 aromatic heterocycles. The quantitative estimate of drug-likeness (QED) is 0.575. The normalized spacial score (nSPS) is 18.5. The van der Waals surface area contributed by atoms with Gasteiger partial charge in [-0.05, 0) is 31.0 Å². The Morgan fingerprint density at radius 1 is 1.17 bits per heavy atom. The van der Waals surface area contributed by atoms with Gasteiger partial charge in [-0.2, -0.15) is 13.2 Å². The van der Waals surface area contributed by atoms with Gasteiger partial charge in [0, 0.05) is 37.2 Å². The Kier molecular flexibility index (Phi) is 4.95. The summed E-state index contributed by atoms with van der Waals surface area (Å²) < 4.78 is 58.2. The maximum Gasteiger partial charge on any atom is 0.449 e. The summed E-state index contributed by atoms with van der Waals surface area (Å²) in [5, 5.41) is 3.09. The number of anilines is 1. The second kappa shape index (κ2) is 7.33. The number of alkyl halides is 3. The van der Waals surface area contributed by atoms with Crippen molar-refractivity contribution in [2.24, 2.45) is 0 Å². The Hall–Kier alpha value is -3.04. The highest BCUT2D eigenvalue weighted by Crippen LogP contribution is 2.43. The minimum Gasteiger partial charge on any atom is -0.459 e. The van der Waals surface area contributed by atoms with E-state index in [4.69, 9.17) is 0 Å². The number of hydrogen-bond donors (Lipinski definition) is 1. The van der Waals surface area contributed by atoms with Gasteiger partial charge in [-0.1, -0.05) is 16.6 Å². The zero-order chi connectivity index (χ0) is 21.5. The van der Waals surface area contributed by atoms with Gasteiger partial charge in [-0.25, -0.2) is 9.92 Å². The molecular weight excluding hydrogens is 406 g/mol.